The first-order valence-electron chi connectivity index (χ1n) is 8.63. The van der Waals surface area contributed by atoms with Crippen molar-refractivity contribution in [3.8, 4) is 5.69 Å². The van der Waals surface area contributed by atoms with Gasteiger partial charge in [-0.3, -0.25) is 9.36 Å². The molecule has 1 aromatic heterocycles. The summed E-state index contributed by atoms with van der Waals surface area (Å²) in [5.74, 6) is 0.907. The lowest BCUT2D eigenvalue weighted by atomic mass is 10.0. The molecule has 25 heavy (non-hydrogen) atoms. The van der Waals surface area contributed by atoms with Gasteiger partial charge in [-0.2, -0.15) is 0 Å². The van der Waals surface area contributed by atoms with E-state index in [0.717, 1.165) is 5.69 Å². The summed E-state index contributed by atoms with van der Waals surface area (Å²) in [6.45, 7) is 5.59. The SMILES string of the molecule is CC(C)c1ccc(-n2cnnc2SCC(=O)N2CCC(O)CC2)cc1. The molecule has 3 rings (SSSR count). The molecule has 1 aromatic carbocycles. The third-order valence-electron chi connectivity index (χ3n) is 4.50. The molecule has 0 bridgehead atoms. The summed E-state index contributed by atoms with van der Waals surface area (Å²) in [6, 6.07) is 8.32. The van der Waals surface area contributed by atoms with E-state index in [2.05, 4.69) is 48.3 Å². The number of aromatic nitrogens is 3. The van der Waals surface area contributed by atoms with Crippen LogP contribution in [0.15, 0.2) is 35.7 Å². The molecule has 1 fully saturated rings. The van der Waals surface area contributed by atoms with E-state index in [-0.39, 0.29) is 12.0 Å². The van der Waals surface area contributed by atoms with E-state index >= 15 is 0 Å². The van der Waals surface area contributed by atoms with Crippen molar-refractivity contribution in [2.75, 3.05) is 18.8 Å². The highest BCUT2D eigenvalue weighted by atomic mass is 32.2. The zero-order chi connectivity index (χ0) is 17.8. The van der Waals surface area contributed by atoms with Crippen molar-refractivity contribution < 1.29 is 9.90 Å². The van der Waals surface area contributed by atoms with Crippen LogP contribution >= 0.6 is 11.8 Å². The molecule has 1 amide bonds. The fraction of sp³-hybridized carbons (Fsp3) is 0.500. The van der Waals surface area contributed by atoms with Crippen LogP contribution in [0.3, 0.4) is 0 Å². The van der Waals surface area contributed by atoms with Gasteiger partial charge in [0.2, 0.25) is 5.91 Å². The van der Waals surface area contributed by atoms with E-state index in [1.54, 1.807) is 6.33 Å². The summed E-state index contributed by atoms with van der Waals surface area (Å²) < 4.78 is 1.90. The Morgan fingerprint density at radius 2 is 1.96 bits per heavy atom. The van der Waals surface area contributed by atoms with Crippen molar-refractivity contribution in [2.45, 2.75) is 43.9 Å². The van der Waals surface area contributed by atoms with Crippen LogP contribution in [0, 0.1) is 0 Å². The molecule has 1 saturated heterocycles. The molecule has 1 N–H and O–H groups in total. The number of aliphatic hydroxyl groups is 1. The lowest BCUT2D eigenvalue weighted by Gasteiger charge is -2.29. The Kier molecular flexibility index (Phi) is 5.75. The van der Waals surface area contributed by atoms with Crippen LogP contribution in [0.4, 0.5) is 0 Å². The molecule has 2 aromatic rings. The number of nitrogens with zero attached hydrogens (tertiary/aromatic N) is 4. The van der Waals surface area contributed by atoms with E-state index in [4.69, 9.17) is 0 Å². The van der Waals surface area contributed by atoms with Gasteiger partial charge in [0.25, 0.3) is 0 Å². The Balaban J connectivity index is 1.63. The van der Waals surface area contributed by atoms with Crippen LogP contribution in [0.25, 0.3) is 5.69 Å². The number of benzene rings is 1. The molecule has 0 atom stereocenters. The van der Waals surface area contributed by atoms with Crippen LogP contribution in [-0.2, 0) is 4.79 Å². The highest BCUT2D eigenvalue weighted by Crippen LogP contribution is 2.22. The molecule has 0 unspecified atom stereocenters. The Morgan fingerprint density at radius 1 is 1.28 bits per heavy atom. The van der Waals surface area contributed by atoms with Crippen LogP contribution in [0.5, 0.6) is 0 Å². The lowest BCUT2D eigenvalue weighted by molar-refractivity contribution is -0.130. The maximum atomic E-state index is 12.3. The van der Waals surface area contributed by atoms with E-state index < -0.39 is 0 Å². The minimum atomic E-state index is -0.270. The summed E-state index contributed by atoms with van der Waals surface area (Å²) in [5, 5.41) is 18.4. The monoisotopic (exact) mass is 360 g/mol. The molecule has 2 heterocycles. The number of piperidine rings is 1. The number of likely N-dealkylation sites (tertiary alicyclic amines) is 1. The Labute approximate surface area is 152 Å². The molecule has 0 radical (unpaired) electrons. The largest absolute Gasteiger partial charge is 0.393 e. The van der Waals surface area contributed by atoms with E-state index in [9.17, 15) is 9.90 Å². The van der Waals surface area contributed by atoms with E-state index in [0.29, 0.717) is 42.8 Å². The van der Waals surface area contributed by atoms with Gasteiger partial charge in [-0.15, -0.1) is 10.2 Å². The van der Waals surface area contributed by atoms with Gasteiger partial charge < -0.3 is 10.0 Å². The molecule has 1 aliphatic rings. The molecule has 6 nitrogen and oxygen atoms in total. The first-order valence-corrected chi connectivity index (χ1v) is 9.62. The first-order chi connectivity index (χ1) is 12.0. The summed E-state index contributed by atoms with van der Waals surface area (Å²) >= 11 is 1.40. The molecular formula is C18H24N4O2S. The number of hydrogen-bond donors (Lipinski definition) is 1. The first kappa shape index (κ1) is 17.9. The van der Waals surface area contributed by atoms with Gasteiger partial charge in [-0.1, -0.05) is 37.7 Å². The average Bonchev–Trinajstić information content (AvgIpc) is 3.09. The Morgan fingerprint density at radius 3 is 2.60 bits per heavy atom. The summed E-state index contributed by atoms with van der Waals surface area (Å²) in [4.78, 5) is 14.2. The Hall–Kier alpha value is -1.86. The van der Waals surface area contributed by atoms with Crippen molar-refractivity contribution in [3.63, 3.8) is 0 Å². The Bertz CT molecular complexity index is 706. The second kappa shape index (κ2) is 8.01. The highest BCUT2D eigenvalue weighted by molar-refractivity contribution is 7.99. The topological polar surface area (TPSA) is 71.2 Å². The number of rotatable bonds is 5. The number of carbonyl (C=O) groups excluding carboxylic acids is 1. The summed E-state index contributed by atoms with van der Waals surface area (Å²) in [5.41, 5.74) is 2.28. The second-order valence-corrected chi connectivity index (χ2v) is 7.57. The van der Waals surface area contributed by atoms with Crippen LogP contribution < -0.4 is 0 Å². The van der Waals surface area contributed by atoms with Gasteiger partial charge in [0, 0.05) is 18.8 Å². The maximum Gasteiger partial charge on any atom is 0.233 e. The highest BCUT2D eigenvalue weighted by Gasteiger charge is 2.21. The van der Waals surface area contributed by atoms with Crippen molar-refractivity contribution in [2.24, 2.45) is 0 Å². The molecule has 7 heteroatoms. The third kappa shape index (κ3) is 4.41. The van der Waals surface area contributed by atoms with E-state index in [1.807, 2.05) is 9.47 Å². The maximum absolute atomic E-state index is 12.3. The zero-order valence-corrected chi connectivity index (χ0v) is 15.4. The van der Waals surface area contributed by atoms with Crippen molar-refractivity contribution in [1.82, 2.24) is 19.7 Å². The number of hydrogen-bond acceptors (Lipinski definition) is 5. The van der Waals surface area contributed by atoms with Gasteiger partial charge in [-0.25, -0.2) is 0 Å². The zero-order valence-electron chi connectivity index (χ0n) is 14.6. The number of thioether (sulfide) groups is 1. The molecule has 0 spiro atoms. The van der Waals surface area contributed by atoms with Gasteiger partial charge in [0.1, 0.15) is 6.33 Å². The standard InChI is InChI=1S/C18H24N4O2S/c1-13(2)14-3-5-15(6-4-14)22-12-19-20-18(22)25-11-17(24)21-9-7-16(23)8-10-21/h3-6,12-13,16,23H,7-11H2,1-2H3. The van der Waals surface area contributed by atoms with Gasteiger partial charge in [0.15, 0.2) is 5.16 Å². The van der Waals surface area contributed by atoms with Crippen LogP contribution in [0.2, 0.25) is 0 Å². The van der Waals surface area contributed by atoms with Gasteiger partial charge in [0.05, 0.1) is 11.9 Å². The van der Waals surface area contributed by atoms with Gasteiger partial charge in [-0.05, 0) is 36.5 Å². The summed E-state index contributed by atoms with van der Waals surface area (Å²) in [6.07, 6.45) is 2.73. The average molecular weight is 360 g/mol. The molecule has 0 saturated carbocycles. The van der Waals surface area contributed by atoms with Crippen molar-refractivity contribution >= 4 is 17.7 Å². The second-order valence-electron chi connectivity index (χ2n) is 6.63. The number of aliphatic hydroxyl groups excluding tert-OH is 1. The molecule has 1 aliphatic heterocycles. The van der Waals surface area contributed by atoms with E-state index in [1.165, 1.54) is 17.3 Å². The fourth-order valence-corrected chi connectivity index (χ4v) is 3.68. The molecule has 134 valence electrons. The normalized spacial score (nSPS) is 15.8. The summed E-state index contributed by atoms with van der Waals surface area (Å²) in [7, 11) is 0. The van der Waals surface area contributed by atoms with Gasteiger partial charge >= 0.3 is 0 Å². The third-order valence-corrected chi connectivity index (χ3v) is 5.42. The van der Waals surface area contributed by atoms with Crippen molar-refractivity contribution in [3.05, 3.63) is 36.2 Å². The van der Waals surface area contributed by atoms with Crippen LogP contribution in [0.1, 0.15) is 38.2 Å². The quantitative estimate of drug-likeness (QED) is 0.830. The molecule has 0 aliphatic carbocycles. The minimum absolute atomic E-state index is 0.0848. The lowest BCUT2D eigenvalue weighted by Crippen LogP contribution is -2.40. The molecular weight excluding hydrogens is 336 g/mol. The predicted octanol–water partition coefficient (Wildman–Crippen LogP) is 2.47. The number of carbonyl (C=O) groups is 1. The minimum Gasteiger partial charge on any atom is -0.393 e. The smallest absolute Gasteiger partial charge is 0.233 e. The number of amides is 1. The van der Waals surface area contributed by atoms with Crippen LogP contribution in [-0.4, -0.2) is 55.6 Å². The fourth-order valence-electron chi connectivity index (χ4n) is 2.85. The predicted molar refractivity (Wildman–Crippen MR) is 98.0 cm³/mol. The van der Waals surface area contributed by atoms with Crippen molar-refractivity contribution in [1.29, 1.82) is 0 Å².